The van der Waals surface area contributed by atoms with Crippen LogP contribution in [0.1, 0.15) is 19.8 Å². The third-order valence-electron chi connectivity index (χ3n) is 2.53. The van der Waals surface area contributed by atoms with Crippen molar-refractivity contribution in [2.75, 3.05) is 19.8 Å². The van der Waals surface area contributed by atoms with Gasteiger partial charge in [-0.25, -0.2) is 4.79 Å². The molecule has 1 saturated heterocycles. The molecule has 0 saturated carbocycles. The van der Waals surface area contributed by atoms with E-state index in [0.717, 1.165) is 0 Å². The maximum absolute atomic E-state index is 11.3. The number of rotatable bonds is 3. The molecule has 0 aromatic heterocycles. The Morgan fingerprint density at radius 2 is 2.53 bits per heavy atom. The van der Waals surface area contributed by atoms with Gasteiger partial charge in [0.2, 0.25) is 0 Å². The van der Waals surface area contributed by atoms with Gasteiger partial charge in [-0.2, -0.15) is 5.26 Å². The predicted molar refractivity (Wildman–Crippen MR) is 50.7 cm³/mol. The van der Waals surface area contributed by atoms with Crippen LogP contribution in [0.25, 0.3) is 0 Å². The maximum Gasteiger partial charge on any atom is 0.336 e. The van der Waals surface area contributed by atoms with Crippen LogP contribution in [-0.2, 0) is 14.3 Å². The van der Waals surface area contributed by atoms with Gasteiger partial charge in [-0.05, 0) is 19.8 Å². The summed E-state index contributed by atoms with van der Waals surface area (Å²) in [7, 11) is 0. The van der Waals surface area contributed by atoms with E-state index in [0.29, 0.717) is 19.4 Å². The molecule has 1 heterocycles. The van der Waals surface area contributed by atoms with Crippen molar-refractivity contribution in [3.8, 4) is 6.07 Å². The molecule has 1 rings (SSSR count). The summed E-state index contributed by atoms with van der Waals surface area (Å²) in [6.45, 7) is 2.50. The fraction of sp³-hybridized carbons (Fsp3) is 0.800. The molecule has 1 fully saturated rings. The highest BCUT2D eigenvalue weighted by molar-refractivity contribution is 5.76. The molecule has 2 unspecified atom stereocenters. The molecule has 0 bridgehead atoms. The Balaban J connectivity index is 2.72. The van der Waals surface area contributed by atoms with E-state index >= 15 is 0 Å². The smallest absolute Gasteiger partial charge is 0.336 e. The summed E-state index contributed by atoms with van der Waals surface area (Å²) in [5.41, 5.74) is -1.13. The fourth-order valence-electron chi connectivity index (χ4n) is 1.63. The summed E-state index contributed by atoms with van der Waals surface area (Å²) in [4.78, 5) is 11.3. The standard InChI is InChI=1S/C10H15NO4/c1-2-15-9(13)8(12)10(6-11)4-3-5-14-7-10/h8,12H,2-5,7H2,1H3. The van der Waals surface area contributed by atoms with Crippen molar-refractivity contribution in [1.82, 2.24) is 0 Å². The molecule has 2 atom stereocenters. The van der Waals surface area contributed by atoms with E-state index in [1.807, 2.05) is 6.07 Å². The highest BCUT2D eigenvalue weighted by Gasteiger charge is 2.45. The van der Waals surface area contributed by atoms with Crippen LogP contribution < -0.4 is 0 Å². The molecule has 5 nitrogen and oxygen atoms in total. The Hall–Kier alpha value is -1.12. The first-order valence-electron chi connectivity index (χ1n) is 5.00. The minimum atomic E-state index is -1.41. The summed E-state index contributed by atoms with van der Waals surface area (Å²) in [5.74, 6) is -0.746. The molecule has 1 N–H and O–H groups in total. The van der Waals surface area contributed by atoms with Crippen LogP contribution in [-0.4, -0.2) is 37.0 Å². The number of carbonyl (C=O) groups is 1. The average molecular weight is 213 g/mol. The van der Waals surface area contributed by atoms with Gasteiger partial charge in [0.25, 0.3) is 0 Å². The topological polar surface area (TPSA) is 79.5 Å². The zero-order valence-corrected chi connectivity index (χ0v) is 8.73. The van der Waals surface area contributed by atoms with E-state index in [-0.39, 0.29) is 13.2 Å². The summed E-state index contributed by atoms with van der Waals surface area (Å²) in [6, 6.07) is 1.98. The Bertz CT molecular complexity index is 265. The highest BCUT2D eigenvalue weighted by atomic mass is 16.5. The van der Waals surface area contributed by atoms with Crippen molar-refractivity contribution in [1.29, 1.82) is 5.26 Å². The average Bonchev–Trinajstić information content (AvgIpc) is 2.29. The van der Waals surface area contributed by atoms with Crippen molar-refractivity contribution in [2.45, 2.75) is 25.9 Å². The van der Waals surface area contributed by atoms with Crippen LogP contribution >= 0.6 is 0 Å². The van der Waals surface area contributed by atoms with Gasteiger partial charge in [0.05, 0.1) is 19.3 Å². The maximum atomic E-state index is 11.3. The summed E-state index contributed by atoms with van der Waals surface area (Å²) in [6.07, 6.45) is -0.282. The number of hydrogen-bond acceptors (Lipinski definition) is 5. The van der Waals surface area contributed by atoms with E-state index in [2.05, 4.69) is 4.74 Å². The lowest BCUT2D eigenvalue weighted by molar-refractivity contribution is -0.163. The van der Waals surface area contributed by atoms with Gasteiger partial charge in [0.15, 0.2) is 6.10 Å². The lowest BCUT2D eigenvalue weighted by Crippen LogP contribution is -2.46. The van der Waals surface area contributed by atoms with Crippen molar-refractivity contribution < 1.29 is 19.4 Å². The third kappa shape index (κ3) is 2.46. The number of nitriles is 1. The van der Waals surface area contributed by atoms with Crippen LogP contribution in [0.3, 0.4) is 0 Å². The van der Waals surface area contributed by atoms with Gasteiger partial charge in [0.1, 0.15) is 5.41 Å². The molecule has 0 aliphatic carbocycles. The number of ether oxygens (including phenoxy) is 2. The molecule has 15 heavy (non-hydrogen) atoms. The molecule has 5 heteroatoms. The molecule has 1 aliphatic heterocycles. The molecular formula is C10H15NO4. The van der Waals surface area contributed by atoms with Crippen molar-refractivity contribution in [3.05, 3.63) is 0 Å². The molecular weight excluding hydrogens is 198 g/mol. The van der Waals surface area contributed by atoms with E-state index in [4.69, 9.17) is 10.00 Å². The quantitative estimate of drug-likeness (QED) is 0.679. The zero-order chi connectivity index (χ0) is 11.3. The third-order valence-corrected chi connectivity index (χ3v) is 2.53. The first-order valence-corrected chi connectivity index (χ1v) is 5.00. The van der Waals surface area contributed by atoms with E-state index < -0.39 is 17.5 Å². The van der Waals surface area contributed by atoms with Gasteiger partial charge >= 0.3 is 5.97 Å². The Labute approximate surface area is 88.6 Å². The van der Waals surface area contributed by atoms with Crippen molar-refractivity contribution in [3.63, 3.8) is 0 Å². The van der Waals surface area contributed by atoms with Crippen LogP contribution in [0.5, 0.6) is 0 Å². The monoisotopic (exact) mass is 213 g/mol. The molecule has 1 aliphatic rings. The number of hydrogen-bond donors (Lipinski definition) is 1. The zero-order valence-electron chi connectivity index (χ0n) is 8.73. The Morgan fingerprint density at radius 3 is 3.00 bits per heavy atom. The van der Waals surface area contributed by atoms with Crippen LogP contribution in [0, 0.1) is 16.7 Å². The Morgan fingerprint density at radius 1 is 1.80 bits per heavy atom. The second-order valence-corrected chi connectivity index (χ2v) is 3.58. The van der Waals surface area contributed by atoms with Crippen LogP contribution in [0.15, 0.2) is 0 Å². The molecule has 0 aromatic rings. The second-order valence-electron chi connectivity index (χ2n) is 3.58. The molecule has 0 radical (unpaired) electrons. The summed E-state index contributed by atoms with van der Waals surface area (Å²) < 4.78 is 9.82. The molecule has 0 amide bonds. The first-order chi connectivity index (χ1) is 7.16. The SMILES string of the molecule is CCOC(=O)C(O)C1(C#N)CCCOC1. The van der Waals surface area contributed by atoms with Gasteiger partial charge in [-0.1, -0.05) is 0 Å². The Kier molecular flexibility index (Phi) is 4.06. The fourth-order valence-corrected chi connectivity index (χ4v) is 1.63. The van der Waals surface area contributed by atoms with Crippen LogP contribution in [0.2, 0.25) is 0 Å². The van der Waals surface area contributed by atoms with Gasteiger partial charge in [0, 0.05) is 6.61 Å². The second kappa shape index (κ2) is 5.10. The minimum absolute atomic E-state index is 0.0868. The lowest BCUT2D eigenvalue weighted by atomic mass is 9.79. The highest BCUT2D eigenvalue weighted by Crippen LogP contribution is 2.32. The molecule has 84 valence electrons. The number of nitrogens with zero attached hydrogens (tertiary/aromatic N) is 1. The van der Waals surface area contributed by atoms with E-state index in [1.165, 1.54) is 0 Å². The normalized spacial score (nSPS) is 27.8. The van der Waals surface area contributed by atoms with Gasteiger partial charge in [-0.3, -0.25) is 0 Å². The largest absolute Gasteiger partial charge is 0.464 e. The number of aliphatic hydroxyl groups is 1. The lowest BCUT2D eigenvalue weighted by Gasteiger charge is -2.33. The number of esters is 1. The predicted octanol–water partition coefficient (Wildman–Crippen LogP) is 0.231. The van der Waals surface area contributed by atoms with Crippen LogP contribution in [0.4, 0.5) is 0 Å². The molecule has 0 spiro atoms. The van der Waals surface area contributed by atoms with Gasteiger partial charge in [-0.15, -0.1) is 0 Å². The minimum Gasteiger partial charge on any atom is -0.464 e. The van der Waals surface area contributed by atoms with E-state index in [9.17, 15) is 9.90 Å². The first kappa shape index (κ1) is 12.0. The number of aliphatic hydroxyl groups excluding tert-OH is 1. The summed E-state index contributed by atoms with van der Waals surface area (Å²) >= 11 is 0. The van der Waals surface area contributed by atoms with Gasteiger partial charge < -0.3 is 14.6 Å². The van der Waals surface area contributed by atoms with E-state index in [1.54, 1.807) is 6.92 Å². The van der Waals surface area contributed by atoms with Crippen molar-refractivity contribution >= 4 is 5.97 Å². The molecule has 0 aromatic carbocycles. The number of carbonyl (C=O) groups excluding carboxylic acids is 1. The summed E-state index contributed by atoms with van der Waals surface area (Å²) in [5, 5.41) is 18.8. The van der Waals surface area contributed by atoms with Crippen molar-refractivity contribution in [2.24, 2.45) is 5.41 Å².